The maximum atomic E-state index is 3.83. The van der Waals surface area contributed by atoms with E-state index in [-0.39, 0.29) is 0 Å². The van der Waals surface area contributed by atoms with E-state index in [1.165, 1.54) is 44.1 Å². The fourth-order valence-electron chi connectivity index (χ4n) is 3.14. The van der Waals surface area contributed by atoms with Gasteiger partial charge < -0.3 is 0 Å². The predicted octanol–water partition coefficient (Wildman–Crippen LogP) is 5.06. The van der Waals surface area contributed by atoms with E-state index in [2.05, 4.69) is 37.5 Å². The first-order chi connectivity index (χ1) is 8.33. The maximum Gasteiger partial charge on any atom is -0.0165 e. The maximum absolute atomic E-state index is 3.83. The molecule has 0 aromatic rings. The van der Waals surface area contributed by atoms with E-state index in [1.54, 1.807) is 0 Å². The Hall–Kier alpha value is -1.04. The van der Waals surface area contributed by atoms with Crippen LogP contribution in [0.4, 0.5) is 0 Å². The Morgan fingerprint density at radius 2 is 2.00 bits per heavy atom. The highest BCUT2D eigenvalue weighted by Gasteiger charge is 2.33. The van der Waals surface area contributed by atoms with Crippen LogP contribution < -0.4 is 0 Å². The second kappa shape index (κ2) is 6.05. The normalized spacial score (nSPS) is 33.6. The molecule has 0 radical (unpaired) electrons. The Morgan fingerprint density at radius 3 is 2.35 bits per heavy atom. The van der Waals surface area contributed by atoms with Gasteiger partial charge in [-0.05, 0) is 56.3 Å². The van der Waals surface area contributed by atoms with Crippen molar-refractivity contribution in [2.75, 3.05) is 0 Å². The van der Waals surface area contributed by atoms with E-state index in [1.807, 2.05) is 6.08 Å². The molecule has 3 unspecified atom stereocenters. The quantitative estimate of drug-likeness (QED) is 0.580. The molecule has 0 nitrogen and oxygen atoms in total. The van der Waals surface area contributed by atoms with Gasteiger partial charge >= 0.3 is 0 Å². The minimum absolute atomic E-state index is 0.806. The van der Waals surface area contributed by atoms with Gasteiger partial charge in [-0.25, -0.2) is 0 Å². The summed E-state index contributed by atoms with van der Waals surface area (Å²) in [5.74, 6) is 2.56. The van der Waals surface area contributed by atoms with Crippen LogP contribution in [0, 0.1) is 17.8 Å². The van der Waals surface area contributed by atoms with Crippen LogP contribution in [-0.4, -0.2) is 0 Å². The molecule has 0 aromatic heterocycles. The summed E-state index contributed by atoms with van der Waals surface area (Å²) in [4.78, 5) is 0. The van der Waals surface area contributed by atoms with Crippen molar-refractivity contribution < 1.29 is 0 Å². The Morgan fingerprint density at radius 1 is 1.12 bits per heavy atom. The first-order valence-electron chi connectivity index (χ1n) is 6.96. The van der Waals surface area contributed by atoms with E-state index in [4.69, 9.17) is 0 Å². The van der Waals surface area contributed by atoms with E-state index in [0.29, 0.717) is 0 Å². The van der Waals surface area contributed by atoms with Crippen molar-refractivity contribution in [3.8, 4) is 0 Å². The summed E-state index contributed by atoms with van der Waals surface area (Å²) in [6.45, 7) is 7.54. The molecule has 2 bridgehead atoms. The largest absolute Gasteiger partial charge is 0.103 e. The molecule has 0 amide bonds. The topological polar surface area (TPSA) is 0 Å². The van der Waals surface area contributed by atoms with E-state index in [9.17, 15) is 0 Å². The molecule has 3 atom stereocenters. The van der Waals surface area contributed by atoms with Gasteiger partial charge in [0.15, 0.2) is 0 Å². The smallest absolute Gasteiger partial charge is 0.0165 e. The van der Waals surface area contributed by atoms with Gasteiger partial charge in [0.25, 0.3) is 0 Å². The van der Waals surface area contributed by atoms with Crippen LogP contribution in [0.25, 0.3) is 0 Å². The number of hydrogen-bond donors (Lipinski definition) is 0. The fourth-order valence-corrected chi connectivity index (χ4v) is 3.14. The lowest BCUT2D eigenvalue weighted by Crippen LogP contribution is -2.01. The lowest BCUT2D eigenvalue weighted by atomic mass is 9.94. The molecule has 1 saturated carbocycles. The van der Waals surface area contributed by atoms with Gasteiger partial charge in [0, 0.05) is 0 Å². The van der Waals surface area contributed by atoms with Gasteiger partial charge in [-0.1, -0.05) is 42.5 Å². The van der Waals surface area contributed by atoms with Crippen LogP contribution in [0.5, 0.6) is 0 Å². The molecule has 0 saturated heterocycles. The zero-order valence-corrected chi connectivity index (χ0v) is 10.8. The molecule has 0 aromatic carbocycles. The van der Waals surface area contributed by atoms with Crippen LogP contribution in [0.3, 0.4) is 0 Å². The molecular formula is C17H24. The highest BCUT2D eigenvalue weighted by Crippen LogP contribution is 2.43. The van der Waals surface area contributed by atoms with Crippen LogP contribution in [0.2, 0.25) is 0 Å². The zero-order chi connectivity index (χ0) is 12.1. The lowest BCUT2D eigenvalue weighted by molar-refractivity contribution is 0.551. The van der Waals surface area contributed by atoms with Gasteiger partial charge in [0.05, 0.1) is 0 Å². The van der Waals surface area contributed by atoms with Crippen molar-refractivity contribution in [2.24, 2.45) is 17.8 Å². The molecule has 3 aliphatic carbocycles. The first-order valence-corrected chi connectivity index (χ1v) is 6.96. The number of rotatable bonds is 2. The average molecular weight is 228 g/mol. The summed E-state index contributed by atoms with van der Waals surface area (Å²) in [5, 5.41) is 0. The van der Waals surface area contributed by atoms with Crippen LogP contribution in [0.1, 0.15) is 38.5 Å². The summed E-state index contributed by atoms with van der Waals surface area (Å²) >= 11 is 0. The predicted molar refractivity (Wildman–Crippen MR) is 75.8 cm³/mol. The van der Waals surface area contributed by atoms with E-state index < -0.39 is 0 Å². The highest BCUT2D eigenvalue weighted by molar-refractivity contribution is 5.17. The molecular weight excluding hydrogens is 204 g/mol. The number of fused-ring (bicyclic) bond motifs is 2. The van der Waals surface area contributed by atoms with Crippen molar-refractivity contribution in [3.05, 3.63) is 49.1 Å². The van der Waals surface area contributed by atoms with Crippen LogP contribution in [0.15, 0.2) is 49.1 Å². The average Bonchev–Trinajstić information content (AvgIpc) is 3.02. The third-order valence-corrected chi connectivity index (χ3v) is 4.22. The Kier molecular flexibility index (Phi) is 4.42. The Balaban J connectivity index is 0.000000128. The SMILES string of the molecule is C=CC1=CCCCC1.C=CC1CC2C=CC1C2. The molecule has 0 N–H and O–H groups in total. The molecule has 3 aliphatic rings. The molecule has 17 heavy (non-hydrogen) atoms. The Labute approximate surface area is 106 Å². The molecule has 0 spiro atoms. The third kappa shape index (κ3) is 3.21. The van der Waals surface area contributed by atoms with Gasteiger partial charge in [-0.15, -0.1) is 6.58 Å². The summed E-state index contributed by atoms with van der Waals surface area (Å²) in [6, 6.07) is 0. The Bertz CT molecular complexity index is 332. The van der Waals surface area contributed by atoms with Gasteiger partial charge in [-0.3, -0.25) is 0 Å². The summed E-state index contributed by atoms with van der Waals surface area (Å²) < 4.78 is 0. The van der Waals surface area contributed by atoms with Crippen molar-refractivity contribution in [2.45, 2.75) is 38.5 Å². The number of allylic oxidation sites excluding steroid dienone is 6. The van der Waals surface area contributed by atoms with Crippen LogP contribution >= 0.6 is 0 Å². The minimum Gasteiger partial charge on any atom is -0.103 e. The molecule has 0 heterocycles. The minimum atomic E-state index is 0.806. The van der Waals surface area contributed by atoms with Crippen molar-refractivity contribution in [3.63, 3.8) is 0 Å². The van der Waals surface area contributed by atoms with E-state index in [0.717, 1.165) is 17.8 Å². The molecule has 3 rings (SSSR count). The van der Waals surface area contributed by atoms with Gasteiger partial charge in [0.2, 0.25) is 0 Å². The van der Waals surface area contributed by atoms with Gasteiger partial charge in [0.1, 0.15) is 0 Å². The number of hydrogen-bond acceptors (Lipinski definition) is 0. The van der Waals surface area contributed by atoms with Gasteiger partial charge in [-0.2, -0.15) is 0 Å². The monoisotopic (exact) mass is 228 g/mol. The van der Waals surface area contributed by atoms with E-state index >= 15 is 0 Å². The summed E-state index contributed by atoms with van der Waals surface area (Å²) in [7, 11) is 0. The summed E-state index contributed by atoms with van der Waals surface area (Å²) in [6.07, 6.45) is 19.1. The highest BCUT2D eigenvalue weighted by atomic mass is 14.4. The molecule has 1 fully saturated rings. The second-order valence-electron chi connectivity index (χ2n) is 5.41. The molecule has 0 heteroatoms. The third-order valence-electron chi connectivity index (χ3n) is 4.22. The van der Waals surface area contributed by atoms with Crippen molar-refractivity contribution in [1.82, 2.24) is 0 Å². The lowest BCUT2D eigenvalue weighted by Gasteiger charge is -2.11. The van der Waals surface area contributed by atoms with Crippen molar-refractivity contribution in [1.29, 1.82) is 0 Å². The zero-order valence-electron chi connectivity index (χ0n) is 10.8. The standard InChI is InChI=1S/C9H12.C8H12/c1-2-8-5-7-3-4-9(8)6-7;1-2-8-6-4-3-5-7-8/h2-4,7-9H,1,5-6H2;2,6H,1,3-5,7H2. The van der Waals surface area contributed by atoms with Crippen molar-refractivity contribution >= 4 is 0 Å². The molecule has 92 valence electrons. The first kappa shape index (κ1) is 12.4. The van der Waals surface area contributed by atoms with Crippen LogP contribution in [-0.2, 0) is 0 Å². The molecule has 0 aliphatic heterocycles. The summed E-state index contributed by atoms with van der Waals surface area (Å²) in [5.41, 5.74) is 1.44. The second-order valence-corrected chi connectivity index (χ2v) is 5.41. The fraction of sp³-hybridized carbons (Fsp3) is 0.529.